The van der Waals surface area contributed by atoms with Crippen molar-refractivity contribution in [2.24, 2.45) is 0 Å². The number of nitrogens with zero attached hydrogens (tertiary/aromatic N) is 2. The molecule has 0 spiro atoms. The molecule has 0 bridgehead atoms. The second-order valence-electron chi connectivity index (χ2n) is 4.89. The van der Waals surface area contributed by atoms with Gasteiger partial charge in [0.25, 0.3) is 5.92 Å². The topological polar surface area (TPSA) is 43.8 Å². The molecule has 0 aromatic carbocycles. The number of carboxylic acid groups (broad SMARTS) is 1. The van der Waals surface area contributed by atoms with Gasteiger partial charge in [-0.2, -0.15) is 0 Å². The van der Waals surface area contributed by atoms with Gasteiger partial charge < -0.3 is 10.0 Å². The first kappa shape index (κ1) is 12.5. The van der Waals surface area contributed by atoms with Crippen LogP contribution in [0.2, 0.25) is 0 Å². The Bertz CT molecular complexity index is 281. The van der Waals surface area contributed by atoms with Crippen LogP contribution in [-0.4, -0.2) is 59.1 Å². The molecule has 17 heavy (non-hydrogen) atoms. The molecule has 1 N–H and O–H groups in total. The predicted octanol–water partition coefficient (Wildman–Crippen LogP) is 1.86. The molecule has 0 atom stereocenters. The molecule has 2 aliphatic heterocycles. The van der Waals surface area contributed by atoms with Gasteiger partial charge in [-0.3, -0.25) is 4.90 Å². The molecule has 0 unspecified atom stereocenters. The molecule has 2 rings (SSSR count). The second-order valence-corrected chi connectivity index (χ2v) is 4.89. The molecule has 98 valence electrons. The lowest BCUT2D eigenvalue weighted by Crippen LogP contribution is -2.50. The molecule has 6 heteroatoms. The fourth-order valence-corrected chi connectivity index (χ4v) is 2.64. The van der Waals surface area contributed by atoms with Crippen molar-refractivity contribution in [3.63, 3.8) is 0 Å². The number of likely N-dealkylation sites (tertiary alicyclic amines) is 2. The van der Waals surface area contributed by atoms with Crippen molar-refractivity contribution in [2.45, 2.75) is 37.6 Å². The first-order valence-corrected chi connectivity index (χ1v) is 6.08. The zero-order valence-corrected chi connectivity index (χ0v) is 9.74. The van der Waals surface area contributed by atoms with Gasteiger partial charge in [0.05, 0.1) is 0 Å². The van der Waals surface area contributed by atoms with Crippen molar-refractivity contribution in [3.8, 4) is 0 Å². The van der Waals surface area contributed by atoms with E-state index in [9.17, 15) is 13.6 Å². The summed E-state index contributed by atoms with van der Waals surface area (Å²) in [6.07, 6.45) is 0.516. The summed E-state index contributed by atoms with van der Waals surface area (Å²) >= 11 is 0. The lowest BCUT2D eigenvalue weighted by Gasteiger charge is -2.41. The Kier molecular flexibility index (Phi) is 3.51. The Morgan fingerprint density at radius 1 is 1.12 bits per heavy atom. The van der Waals surface area contributed by atoms with E-state index in [1.165, 1.54) is 4.90 Å². The monoisotopic (exact) mass is 248 g/mol. The van der Waals surface area contributed by atoms with Crippen molar-refractivity contribution < 1.29 is 18.7 Å². The average molecular weight is 248 g/mol. The van der Waals surface area contributed by atoms with E-state index in [0.717, 1.165) is 12.8 Å². The standard InChI is InChI=1S/C11H18F2N2O2/c12-11(13)3-7-14(8-4-11)9-1-5-15(6-2-9)10(16)17/h9H,1-8H2,(H,16,17). The van der Waals surface area contributed by atoms with E-state index in [0.29, 0.717) is 26.2 Å². The maximum absolute atomic E-state index is 13.0. The van der Waals surface area contributed by atoms with Crippen LogP contribution in [0.4, 0.5) is 13.6 Å². The largest absolute Gasteiger partial charge is 0.465 e. The number of amides is 1. The minimum Gasteiger partial charge on any atom is -0.465 e. The summed E-state index contributed by atoms with van der Waals surface area (Å²) < 4.78 is 26.0. The third-order valence-corrected chi connectivity index (χ3v) is 3.78. The van der Waals surface area contributed by atoms with Crippen molar-refractivity contribution in [2.75, 3.05) is 26.2 Å². The highest BCUT2D eigenvalue weighted by atomic mass is 19.3. The number of rotatable bonds is 1. The van der Waals surface area contributed by atoms with E-state index in [-0.39, 0.29) is 18.9 Å². The lowest BCUT2D eigenvalue weighted by atomic mass is 9.99. The van der Waals surface area contributed by atoms with Crippen LogP contribution in [0.3, 0.4) is 0 Å². The third kappa shape index (κ3) is 3.06. The first-order valence-electron chi connectivity index (χ1n) is 6.08. The highest BCUT2D eigenvalue weighted by Crippen LogP contribution is 2.30. The number of hydrogen-bond donors (Lipinski definition) is 1. The molecule has 2 heterocycles. The maximum Gasteiger partial charge on any atom is 0.407 e. The van der Waals surface area contributed by atoms with E-state index in [1.54, 1.807) is 0 Å². The highest BCUT2D eigenvalue weighted by molar-refractivity contribution is 5.65. The van der Waals surface area contributed by atoms with Gasteiger partial charge in [0.15, 0.2) is 0 Å². The summed E-state index contributed by atoms with van der Waals surface area (Å²) in [5, 5.41) is 8.82. The zero-order valence-electron chi connectivity index (χ0n) is 9.74. The van der Waals surface area contributed by atoms with Gasteiger partial charge in [-0.1, -0.05) is 0 Å². The minimum atomic E-state index is -2.50. The van der Waals surface area contributed by atoms with Crippen LogP contribution >= 0.6 is 0 Å². The quantitative estimate of drug-likeness (QED) is 0.770. The van der Waals surface area contributed by atoms with E-state index in [4.69, 9.17) is 5.11 Å². The van der Waals surface area contributed by atoms with E-state index < -0.39 is 12.0 Å². The Labute approximate surface area is 99.2 Å². The molecule has 0 radical (unpaired) electrons. The van der Waals surface area contributed by atoms with E-state index in [1.807, 2.05) is 0 Å². The van der Waals surface area contributed by atoms with Gasteiger partial charge in [-0.05, 0) is 12.8 Å². The van der Waals surface area contributed by atoms with Gasteiger partial charge in [-0.25, -0.2) is 13.6 Å². The molecule has 2 fully saturated rings. The molecular weight excluding hydrogens is 230 g/mol. The smallest absolute Gasteiger partial charge is 0.407 e. The Balaban J connectivity index is 1.80. The van der Waals surface area contributed by atoms with Crippen LogP contribution in [-0.2, 0) is 0 Å². The van der Waals surface area contributed by atoms with E-state index >= 15 is 0 Å². The molecule has 0 saturated carbocycles. The Morgan fingerprint density at radius 3 is 2.12 bits per heavy atom. The van der Waals surface area contributed by atoms with Crippen LogP contribution in [0.15, 0.2) is 0 Å². The number of halogens is 2. The summed E-state index contributed by atoms with van der Waals surface area (Å²) in [6, 6.07) is 0.279. The molecule has 2 aliphatic rings. The zero-order chi connectivity index (χ0) is 12.5. The molecule has 0 aromatic rings. The molecule has 0 aliphatic carbocycles. The third-order valence-electron chi connectivity index (χ3n) is 3.78. The lowest BCUT2D eigenvalue weighted by molar-refractivity contribution is -0.0669. The van der Waals surface area contributed by atoms with Gasteiger partial charge in [0.1, 0.15) is 0 Å². The van der Waals surface area contributed by atoms with Gasteiger partial charge in [0, 0.05) is 45.1 Å². The Morgan fingerprint density at radius 2 is 1.65 bits per heavy atom. The summed E-state index contributed by atoms with van der Waals surface area (Å²) in [7, 11) is 0. The predicted molar refractivity (Wildman–Crippen MR) is 58.4 cm³/mol. The van der Waals surface area contributed by atoms with Gasteiger partial charge >= 0.3 is 6.09 Å². The van der Waals surface area contributed by atoms with Crippen molar-refractivity contribution in [1.82, 2.24) is 9.80 Å². The SMILES string of the molecule is O=C(O)N1CCC(N2CCC(F)(F)CC2)CC1. The normalized spacial score (nSPS) is 27.1. The van der Waals surface area contributed by atoms with E-state index in [2.05, 4.69) is 4.90 Å². The van der Waals surface area contributed by atoms with Crippen molar-refractivity contribution in [1.29, 1.82) is 0 Å². The summed E-state index contributed by atoms with van der Waals surface area (Å²) in [5.74, 6) is -2.50. The van der Waals surface area contributed by atoms with Crippen LogP contribution in [0.5, 0.6) is 0 Å². The fourth-order valence-electron chi connectivity index (χ4n) is 2.64. The Hall–Kier alpha value is -0.910. The molecule has 2 saturated heterocycles. The number of piperidine rings is 2. The fraction of sp³-hybridized carbons (Fsp3) is 0.909. The van der Waals surface area contributed by atoms with Crippen molar-refractivity contribution in [3.05, 3.63) is 0 Å². The molecule has 0 aromatic heterocycles. The number of hydrogen-bond acceptors (Lipinski definition) is 2. The second kappa shape index (κ2) is 4.76. The summed E-state index contributed by atoms with van der Waals surface area (Å²) in [6.45, 7) is 1.91. The van der Waals surface area contributed by atoms with Crippen LogP contribution in [0.25, 0.3) is 0 Å². The molecule has 4 nitrogen and oxygen atoms in total. The number of alkyl halides is 2. The van der Waals surface area contributed by atoms with Gasteiger partial charge in [0.2, 0.25) is 0 Å². The van der Waals surface area contributed by atoms with Crippen LogP contribution < -0.4 is 0 Å². The van der Waals surface area contributed by atoms with Gasteiger partial charge in [-0.15, -0.1) is 0 Å². The highest BCUT2D eigenvalue weighted by Gasteiger charge is 2.37. The van der Waals surface area contributed by atoms with Crippen LogP contribution in [0.1, 0.15) is 25.7 Å². The van der Waals surface area contributed by atoms with Crippen LogP contribution in [0, 0.1) is 0 Å². The molecule has 1 amide bonds. The average Bonchev–Trinajstić information content (AvgIpc) is 2.29. The molecular formula is C11H18F2N2O2. The number of carbonyl (C=O) groups is 1. The van der Waals surface area contributed by atoms with Crippen molar-refractivity contribution >= 4 is 6.09 Å². The first-order chi connectivity index (χ1) is 7.98. The minimum absolute atomic E-state index is 0.0633. The maximum atomic E-state index is 13.0. The summed E-state index contributed by atoms with van der Waals surface area (Å²) in [4.78, 5) is 14.2. The summed E-state index contributed by atoms with van der Waals surface area (Å²) in [5.41, 5.74) is 0.